The average molecular weight is 353 g/mol. The molecule has 0 bridgehead atoms. The maximum atomic E-state index is 12.6. The molecule has 1 atom stereocenters. The lowest BCUT2D eigenvalue weighted by molar-refractivity contribution is 0.191. The Bertz CT molecular complexity index is 929. The van der Waals surface area contributed by atoms with Gasteiger partial charge in [0.05, 0.1) is 17.1 Å². The van der Waals surface area contributed by atoms with E-state index in [1.807, 2.05) is 43.1 Å². The largest absolute Gasteiger partial charge is 0.361 e. The molecule has 3 aromatic rings. The number of amides is 2. The smallest absolute Gasteiger partial charge is 0.317 e. The Hall–Kier alpha value is -2.83. The summed E-state index contributed by atoms with van der Waals surface area (Å²) in [7, 11) is 2.01. The SMILES string of the molecule is Cc1cc([C@@H]2CCCN2C(=O)NCCc2nc3ccccc3n2C)no1. The van der Waals surface area contributed by atoms with Gasteiger partial charge in [0.15, 0.2) is 0 Å². The molecule has 0 spiro atoms. The van der Waals surface area contributed by atoms with Gasteiger partial charge in [-0.3, -0.25) is 0 Å². The predicted molar refractivity (Wildman–Crippen MR) is 97.7 cm³/mol. The Kier molecular flexibility index (Phi) is 4.36. The third-order valence-electron chi connectivity index (χ3n) is 5.01. The molecule has 4 rings (SSSR count). The van der Waals surface area contributed by atoms with E-state index in [9.17, 15) is 4.79 Å². The first-order valence-electron chi connectivity index (χ1n) is 9.01. The molecule has 0 radical (unpaired) electrons. The second kappa shape index (κ2) is 6.82. The number of nitrogens with one attached hydrogen (secondary N) is 1. The van der Waals surface area contributed by atoms with E-state index in [1.165, 1.54) is 0 Å². The van der Waals surface area contributed by atoms with E-state index >= 15 is 0 Å². The Morgan fingerprint density at radius 2 is 2.23 bits per heavy atom. The number of para-hydroxylation sites is 2. The van der Waals surface area contributed by atoms with Crippen LogP contribution in [0.25, 0.3) is 11.0 Å². The minimum absolute atomic E-state index is 0.00296. The predicted octanol–water partition coefficient (Wildman–Crippen LogP) is 2.96. The Morgan fingerprint density at radius 1 is 1.38 bits per heavy atom. The molecular formula is C19H23N5O2. The highest BCUT2D eigenvalue weighted by atomic mass is 16.5. The Balaban J connectivity index is 1.38. The first kappa shape index (κ1) is 16.6. The highest BCUT2D eigenvalue weighted by molar-refractivity contribution is 5.76. The van der Waals surface area contributed by atoms with Crippen molar-refractivity contribution in [2.24, 2.45) is 7.05 Å². The van der Waals surface area contributed by atoms with Crippen LogP contribution in [0, 0.1) is 6.92 Å². The van der Waals surface area contributed by atoms with Crippen molar-refractivity contribution >= 4 is 17.1 Å². The summed E-state index contributed by atoms with van der Waals surface area (Å²) in [4.78, 5) is 19.1. The van der Waals surface area contributed by atoms with Crippen LogP contribution in [0.15, 0.2) is 34.9 Å². The molecule has 1 aliphatic rings. The van der Waals surface area contributed by atoms with Crippen molar-refractivity contribution in [3.63, 3.8) is 0 Å². The number of fused-ring (bicyclic) bond motifs is 1. The van der Waals surface area contributed by atoms with Crippen LogP contribution in [0.2, 0.25) is 0 Å². The van der Waals surface area contributed by atoms with Crippen molar-refractivity contribution in [2.75, 3.05) is 13.1 Å². The fourth-order valence-electron chi connectivity index (χ4n) is 3.66. The number of likely N-dealkylation sites (tertiary alicyclic amines) is 1. The minimum Gasteiger partial charge on any atom is -0.361 e. The molecule has 26 heavy (non-hydrogen) atoms. The number of aromatic nitrogens is 3. The monoisotopic (exact) mass is 353 g/mol. The van der Waals surface area contributed by atoms with Gasteiger partial charge in [-0.05, 0) is 31.9 Å². The number of urea groups is 1. The van der Waals surface area contributed by atoms with Crippen molar-refractivity contribution in [2.45, 2.75) is 32.2 Å². The molecule has 3 heterocycles. The zero-order valence-corrected chi connectivity index (χ0v) is 15.1. The molecule has 2 amide bonds. The fraction of sp³-hybridized carbons (Fsp3) is 0.421. The van der Waals surface area contributed by atoms with Crippen LogP contribution in [0.5, 0.6) is 0 Å². The summed E-state index contributed by atoms with van der Waals surface area (Å²) in [5, 5.41) is 7.11. The standard InChI is InChI=1S/C19H23N5O2/c1-13-12-15(22-26-13)17-8-5-11-24(17)19(25)20-10-9-18-21-14-6-3-4-7-16(14)23(18)2/h3-4,6-7,12,17H,5,8-11H2,1-2H3,(H,20,25)/t17-/m0/s1. The van der Waals surface area contributed by atoms with Crippen LogP contribution in [0.3, 0.4) is 0 Å². The topological polar surface area (TPSA) is 76.2 Å². The number of carbonyl (C=O) groups is 1. The lowest BCUT2D eigenvalue weighted by atomic mass is 10.1. The zero-order chi connectivity index (χ0) is 18.1. The number of nitrogens with zero attached hydrogens (tertiary/aromatic N) is 4. The van der Waals surface area contributed by atoms with Crippen molar-refractivity contribution in [3.05, 3.63) is 47.6 Å². The molecule has 1 aliphatic heterocycles. The van der Waals surface area contributed by atoms with Gasteiger partial charge in [0.2, 0.25) is 0 Å². The van der Waals surface area contributed by atoms with Crippen molar-refractivity contribution in [3.8, 4) is 0 Å². The minimum atomic E-state index is -0.0492. The molecule has 7 nitrogen and oxygen atoms in total. The number of hydrogen-bond donors (Lipinski definition) is 1. The number of aryl methyl sites for hydroxylation is 2. The van der Waals surface area contributed by atoms with Gasteiger partial charge in [0.1, 0.15) is 17.3 Å². The molecule has 136 valence electrons. The normalized spacial score (nSPS) is 17.2. The molecule has 2 aromatic heterocycles. The van der Waals surface area contributed by atoms with E-state index in [0.717, 1.165) is 47.7 Å². The number of carbonyl (C=O) groups excluding carboxylic acids is 1. The lowest BCUT2D eigenvalue weighted by Gasteiger charge is -2.23. The average Bonchev–Trinajstić information content (AvgIpc) is 3.35. The summed E-state index contributed by atoms with van der Waals surface area (Å²) in [5.74, 6) is 1.74. The number of rotatable bonds is 4. The Labute approximate surface area is 152 Å². The van der Waals surface area contributed by atoms with E-state index in [0.29, 0.717) is 13.0 Å². The first-order valence-corrected chi connectivity index (χ1v) is 9.01. The quantitative estimate of drug-likeness (QED) is 0.782. The van der Waals surface area contributed by atoms with Crippen molar-refractivity contribution < 1.29 is 9.32 Å². The summed E-state index contributed by atoms with van der Waals surface area (Å²) in [5.41, 5.74) is 2.93. The number of hydrogen-bond acceptors (Lipinski definition) is 4. The molecule has 1 saturated heterocycles. The van der Waals surface area contributed by atoms with Gasteiger partial charge in [-0.25, -0.2) is 9.78 Å². The summed E-state index contributed by atoms with van der Waals surface area (Å²) >= 11 is 0. The third kappa shape index (κ3) is 3.05. The zero-order valence-electron chi connectivity index (χ0n) is 15.1. The number of benzene rings is 1. The van der Waals surface area contributed by atoms with Gasteiger partial charge < -0.3 is 19.3 Å². The van der Waals surface area contributed by atoms with Crippen molar-refractivity contribution in [1.29, 1.82) is 0 Å². The highest BCUT2D eigenvalue weighted by Gasteiger charge is 2.31. The van der Waals surface area contributed by atoms with Gasteiger partial charge in [0, 0.05) is 32.6 Å². The molecule has 0 aliphatic carbocycles. The van der Waals surface area contributed by atoms with E-state index in [-0.39, 0.29) is 12.1 Å². The molecule has 1 fully saturated rings. The van der Waals surface area contributed by atoms with Crippen molar-refractivity contribution in [1.82, 2.24) is 24.9 Å². The van der Waals surface area contributed by atoms with Gasteiger partial charge in [-0.1, -0.05) is 17.3 Å². The van der Waals surface area contributed by atoms with Gasteiger partial charge in [-0.2, -0.15) is 0 Å². The van der Waals surface area contributed by atoms with Crippen LogP contribution in [-0.2, 0) is 13.5 Å². The van der Waals surface area contributed by atoms with Gasteiger partial charge >= 0.3 is 6.03 Å². The summed E-state index contributed by atoms with van der Waals surface area (Å²) in [6.45, 7) is 3.17. The molecule has 7 heteroatoms. The lowest BCUT2D eigenvalue weighted by Crippen LogP contribution is -2.40. The van der Waals surface area contributed by atoms with Crippen LogP contribution < -0.4 is 5.32 Å². The third-order valence-corrected chi connectivity index (χ3v) is 5.01. The summed E-state index contributed by atoms with van der Waals surface area (Å²) in [6.07, 6.45) is 2.59. The molecule has 1 N–H and O–H groups in total. The summed E-state index contributed by atoms with van der Waals surface area (Å²) < 4.78 is 7.25. The molecule has 0 saturated carbocycles. The van der Waals surface area contributed by atoms with Crippen LogP contribution in [0.4, 0.5) is 4.79 Å². The Morgan fingerprint density at radius 3 is 3.00 bits per heavy atom. The van der Waals surface area contributed by atoms with E-state index in [1.54, 1.807) is 0 Å². The number of imidazole rings is 1. The summed E-state index contributed by atoms with van der Waals surface area (Å²) in [6, 6.07) is 9.92. The van der Waals surface area contributed by atoms with E-state index in [4.69, 9.17) is 4.52 Å². The molecule has 0 unspecified atom stereocenters. The van der Waals surface area contributed by atoms with Gasteiger partial charge in [-0.15, -0.1) is 0 Å². The van der Waals surface area contributed by atoms with Gasteiger partial charge in [0.25, 0.3) is 0 Å². The highest BCUT2D eigenvalue weighted by Crippen LogP contribution is 2.31. The molecular weight excluding hydrogens is 330 g/mol. The van der Waals surface area contributed by atoms with Crippen LogP contribution >= 0.6 is 0 Å². The fourth-order valence-corrected chi connectivity index (χ4v) is 3.66. The van der Waals surface area contributed by atoms with Crippen LogP contribution in [0.1, 0.15) is 36.2 Å². The maximum Gasteiger partial charge on any atom is 0.317 e. The van der Waals surface area contributed by atoms with E-state index < -0.39 is 0 Å². The second-order valence-corrected chi connectivity index (χ2v) is 6.77. The molecule has 1 aromatic carbocycles. The van der Waals surface area contributed by atoms with Crippen LogP contribution in [-0.4, -0.2) is 38.7 Å². The van der Waals surface area contributed by atoms with E-state index in [2.05, 4.69) is 26.1 Å². The second-order valence-electron chi connectivity index (χ2n) is 6.77. The maximum absolute atomic E-state index is 12.6. The first-order chi connectivity index (χ1) is 12.6.